The predicted octanol–water partition coefficient (Wildman–Crippen LogP) is 2.49. The molecule has 0 aliphatic heterocycles. The van der Waals surface area contributed by atoms with E-state index in [1.165, 1.54) is 0 Å². The Labute approximate surface area is 119 Å². The first-order valence-corrected chi connectivity index (χ1v) is 6.70. The number of halogens is 3. The second-order valence-electron chi connectivity index (χ2n) is 5.00. The van der Waals surface area contributed by atoms with E-state index < -0.39 is 41.4 Å². The lowest BCUT2D eigenvalue weighted by atomic mass is 10.2. The summed E-state index contributed by atoms with van der Waals surface area (Å²) in [7, 11) is 0. The summed E-state index contributed by atoms with van der Waals surface area (Å²) in [5.41, 5.74) is -0.493. The number of amides is 2. The van der Waals surface area contributed by atoms with Crippen LogP contribution in [0.3, 0.4) is 0 Å². The first-order valence-electron chi connectivity index (χ1n) is 6.70. The van der Waals surface area contributed by atoms with Crippen molar-refractivity contribution in [3.8, 4) is 0 Å². The van der Waals surface area contributed by atoms with Gasteiger partial charge in [-0.2, -0.15) is 0 Å². The molecule has 0 bridgehead atoms. The lowest BCUT2D eigenvalue weighted by Crippen LogP contribution is -2.35. The molecule has 0 atom stereocenters. The summed E-state index contributed by atoms with van der Waals surface area (Å²) in [6.07, 6.45) is 3.35. The van der Waals surface area contributed by atoms with Crippen LogP contribution in [-0.2, 0) is 9.59 Å². The third-order valence-corrected chi connectivity index (χ3v) is 3.35. The van der Waals surface area contributed by atoms with Gasteiger partial charge in [-0.15, -0.1) is 0 Å². The fourth-order valence-corrected chi connectivity index (χ4v) is 2.31. The molecular formula is C14H15F3N2O2. The molecule has 2 amide bonds. The van der Waals surface area contributed by atoms with E-state index in [4.69, 9.17) is 0 Å². The molecule has 4 nitrogen and oxygen atoms in total. The van der Waals surface area contributed by atoms with Crippen LogP contribution in [0.15, 0.2) is 12.1 Å². The number of carbonyl (C=O) groups excluding carboxylic acids is 2. The molecule has 1 aliphatic rings. The van der Waals surface area contributed by atoms with E-state index in [2.05, 4.69) is 10.6 Å². The van der Waals surface area contributed by atoms with Gasteiger partial charge < -0.3 is 10.6 Å². The molecule has 1 saturated carbocycles. The van der Waals surface area contributed by atoms with Crippen molar-refractivity contribution in [1.82, 2.24) is 5.32 Å². The highest BCUT2D eigenvalue weighted by Crippen LogP contribution is 2.20. The van der Waals surface area contributed by atoms with E-state index in [1.54, 1.807) is 0 Å². The molecule has 2 rings (SSSR count). The fourth-order valence-electron chi connectivity index (χ4n) is 2.31. The standard InChI is InChI=1S/C14H15F3N2O2/c15-9-5-6-10(14(17)13(9)16)19-12(21)7-11(20)18-8-3-1-2-4-8/h5-6,8H,1-4,7H2,(H,18,20)(H,19,21). The minimum Gasteiger partial charge on any atom is -0.353 e. The van der Waals surface area contributed by atoms with E-state index in [0.29, 0.717) is 6.07 Å². The van der Waals surface area contributed by atoms with Crippen LogP contribution in [0, 0.1) is 17.5 Å². The van der Waals surface area contributed by atoms with Crippen LogP contribution in [0.2, 0.25) is 0 Å². The second-order valence-corrected chi connectivity index (χ2v) is 5.00. The van der Waals surface area contributed by atoms with Gasteiger partial charge in [0.05, 0.1) is 5.69 Å². The molecule has 7 heteroatoms. The third-order valence-electron chi connectivity index (χ3n) is 3.35. The molecule has 0 saturated heterocycles. The average molecular weight is 300 g/mol. The second kappa shape index (κ2) is 6.60. The maximum Gasteiger partial charge on any atom is 0.233 e. The van der Waals surface area contributed by atoms with Crippen molar-refractivity contribution in [2.24, 2.45) is 0 Å². The Morgan fingerprint density at radius 2 is 1.71 bits per heavy atom. The van der Waals surface area contributed by atoms with Crippen molar-refractivity contribution in [1.29, 1.82) is 0 Å². The molecule has 0 aromatic heterocycles. The molecule has 1 aromatic rings. The van der Waals surface area contributed by atoms with Crippen molar-refractivity contribution >= 4 is 17.5 Å². The van der Waals surface area contributed by atoms with Gasteiger partial charge in [0.1, 0.15) is 6.42 Å². The normalized spacial score (nSPS) is 15.0. The lowest BCUT2D eigenvalue weighted by molar-refractivity contribution is -0.127. The topological polar surface area (TPSA) is 58.2 Å². The highest BCUT2D eigenvalue weighted by Gasteiger charge is 2.20. The highest BCUT2D eigenvalue weighted by molar-refractivity contribution is 6.03. The number of anilines is 1. The molecule has 0 spiro atoms. The molecule has 1 aromatic carbocycles. The molecule has 2 N–H and O–H groups in total. The van der Waals surface area contributed by atoms with Gasteiger partial charge in [0, 0.05) is 6.04 Å². The molecule has 0 radical (unpaired) electrons. The van der Waals surface area contributed by atoms with Crippen LogP contribution in [-0.4, -0.2) is 17.9 Å². The first kappa shape index (κ1) is 15.3. The number of nitrogens with one attached hydrogen (secondary N) is 2. The average Bonchev–Trinajstić information content (AvgIpc) is 2.92. The maximum atomic E-state index is 13.4. The predicted molar refractivity (Wildman–Crippen MR) is 70.0 cm³/mol. The minimum atomic E-state index is -1.66. The van der Waals surface area contributed by atoms with Crippen LogP contribution in [0.25, 0.3) is 0 Å². The maximum absolute atomic E-state index is 13.4. The zero-order valence-electron chi connectivity index (χ0n) is 11.2. The van der Waals surface area contributed by atoms with Crippen molar-refractivity contribution in [2.45, 2.75) is 38.1 Å². The van der Waals surface area contributed by atoms with Gasteiger partial charge in [-0.25, -0.2) is 13.2 Å². The first-order chi connectivity index (χ1) is 9.97. The zero-order valence-corrected chi connectivity index (χ0v) is 11.2. The van der Waals surface area contributed by atoms with Crippen LogP contribution >= 0.6 is 0 Å². The highest BCUT2D eigenvalue weighted by atomic mass is 19.2. The van der Waals surface area contributed by atoms with Gasteiger partial charge >= 0.3 is 0 Å². The number of rotatable bonds is 4. The summed E-state index contributed by atoms with van der Waals surface area (Å²) in [5.74, 6) is -5.75. The third kappa shape index (κ3) is 3.96. The Balaban J connectivity index is 1.89. The summed E-state index contributed by atoms with van der Waals surface area (Å²) in [6.45, 7) is 0. The Morgan fingerprint density at radius 3 is 2.38 bits per heavy atom. The van der Waals surface area contributed by atoms with Crippen LogP contribution in [0.1, 0.15) is 32.1 Å². The lowest BCUT2D eigenvalue weighted by Gasteiger charge is -2.12. The summed E-state index contributed by atoms with van der Waals surface area (Å²) >= 11 is 0. The number of carbonyl (C=O) groups is 2. The van der Waals surface area contributed by atoms with Gasteiger partial charge in [0.2, 0.25) is 11.8 Å². The molecule has 1 fully saturated rings. The Hall–Kier alpha value is -2.05. The number of benzene rings is 1. The van der Waals surface area contributed by atoms with Crippen LogP contribution < -0.4 is 10.6 Å². The van der Waals surface area contributed by atoms with E-state index in [9.17, 15) is 22.8 Å². The smallest absolute Gasteiger partial charge is 0.233 e. The van der Waals surface area contributed by atoms with Crippen LogP contribution in [0.5, 0.6) is 0 Å². The van der Waals surface area contributed by atoms with E-state index in [1.807, 2.05) is 0 Å². The van der Waals surface area contributed by atoms with Gasteiger partial charge in [0.25, 0.3) is 0 Å². The molecule has 114 valence electrons. The van der Waals surface area contributed by atoms with Gasteiger partial charge in [-0.3, -0.25) is 9.59 Å². The Morgan fingerprint density at radius 1 is 1.05 bits per heavy atom. The molecule has 21 heavy (non-hydrogen) atoms. The monoisotopic (exact) mass is 300 g/mol. The largest absolute Gasteiger partial charge is 0.353 e. The summed E-state index contributed by atoms with van der Waals surface area (Å²) in [5, 5.41) is 4.76. The SMILES string of the molecule is O=C(CC(=O)NC1CCCC1)Nc1ccc(F)c(F)c1F. The van der Waals surface area contributed by atoms with Crippen molar-refractivity contribution in [3.05, 3.63) is 29.6 Å². The van der Waals surface area contributed by atoms with E-state index >= 15 is 0 Å². The van der Waals surface area contributed by atoms with E-state index in [-0.39, 0.29) is 6.04 Å². The molecule has 1 aliphatic carbocycles. The van der Waals surface area contributed by atoms with Gasteiger partial charge in [-0.05, 0) is 25.0 Å². The van der Waals surface area contributed by atoms with E-state index in [0.717, 1.165) is 31.7 Å². The zero-order chi connectivity index (χ0) is 15.4. The van der Waals surface area contributed by atoms with Crippen LogP contribution in [0.4, 0.5) is 18.9 Å². The van der Waals surface area contributed by atoms with Crippen molar-refractivity contribution in [2.75, 3.05) is 5.32 Å². The number of hydrogen-bond donors (Lipinski definition) is 2. The minimum absolute atomic E-state index is 0.0744. The van der Waals surface area contributed by atoms with Gasteiger partial charge in [0.15, 0.2) is 17.5 Å². The quantitative estimate of drug-likeness (QED) is 0.663. The molecular weight excluding hydrogens is 285 g/mol. The van der Waals surface area contributed by atoms with Crippen molar-refractivity contribution in [3.63, 3.8) is 0 Å². The Bertz CT molecular complexity index is 557. The summed E-state index contributed by atoms with van der Waals surface area (Å²) in [4.78, 5) is 23.2. The fraction of sp³-hybridized carbons (Fsp3) is 0.429. The summed E-state index contributed by atoms with van der Waals surface area (Å²) < 4.78 is 39.1. The molecule has 0 unspecified atom stereocenters. The Kier molecular flexibility index (Phi) is 4.82. The van der Waals surface area contributed by atoms with Crippen molar-refractivity contribution < 1.29 is 22.8 Å². The van der Waals surface area contributed by atoms with Gasteiger partial charge in [-0.1, -0.05) is 12.8 Å². The summed E-state index contributed by atoms with van der Waals surface area (Å²) in [6, 6.07) is 1.68. The molecule has 0 heterocycles. The number of hydrogen-bond acceptors (Lipinski definition) is 2.